The average molecular weight is 539 g/mol. The van der Waals surface area contributed by atoms with Gasteiger partial charge in [-0.05, 0) is 72.4 Å². The molecule has 0 aromatic heterocycles. The van der Waals surface area contributed by atoms with E-state index < -0.39 is 17.6 Å². The first-order valence-corrected chi connectivity index (χ1v) is 18.2. The molecule has 0 aliphatic carbocycles. The Kier molecular flexibility index (Phi) is 21.6. The van der Waals surface area contributed by atoms with Crippen molar-refractivity contribution in [3.63, 3.8) is 0 Å². The zero-order valence-electron chi connectivity index (χ0n) is 23.4. The predicted molar refractivity (Wildman–Crippen MR) is 145 cm³/mol. The highest BCUT2D eigenvalue weighted by atomic mass is 28.4. The molecule has 11 heteroatoms. The Labute approximate surface area is 215 Å². The van der Waals surface area contributed by atoms with Crippen molar-refractivity contribution in [2.45, 2.75) is 77.9 Å². The highest BCUT2D eigenvalue weighted by molar-refractivity contribution is 6.73. The molecule has 204 valence electrons. The standard InChI is InChI=1S/C23H54N2O6Si3/c1-9-25(10-2)20-16-14-15-18-23(34(26-6,27-7)28-8)32-22-24-19-17-21-33(29-11-3,30-12-4)31-13-5/h23-24H,9-22H2,1-8H3. The fourth-order valence-corrected chi connectivity index (χ4v) is 12.1. The molecular formula is C23H54N2O6Si3. The lowest BCUT2D eigenvalue weighted by atomic mass is 10.2. The fourth-order valence-electron chi connectivity index (χ4n) is 4.20. The van der Waals surface area contributed by atoms with Crippen LogP contribution in [0.3, 0.4) is 0 Å². The molecule has 0 rings (SSSR count). The lowest BCUT2D eigenvalue weighted by Gasteiger charge is -2.32. The Morgan fingerprint density at radius 2 is 1.32 bits per heavy atom. The van der Waals surface area contributed by atoms with E-state index in [1.54, 1.807) is 21.3 Å². The zero-order valence-corrected chi connectivity index (χ0v) is 26.4. The molecule has 34 heavy (non-hydrogen) atoms. The molecule has 0 aliphatic heterocycles. The second-order valence-corrected chi connectivity index (χ2v) is 16.0. The maximum absolute atomic E-state index is 5.96. The Morgan fingerprint density at radius 3 is 1.79 bits per heavy atom. The second-order valence-electron chi connectivity index (χ2n) is 8.11. The summed E-state index contributed by atoms with van der Waals surface area (Å²) in [6.07, 6.45) is 6.62. The maximum atomic E-state index is 5.96. The van der Waals surface area contributed by atoms with Crippen LogP contribution in [0.1, 0.15) is 66.7 Å². The highest BCUT2D eigenvalue weighted by Crippen LogP contribution is 2.28. The van der Waals surface area contributed by atoms with Gasteiger partial charge >= 0.3 is 17.6 Å². The predicted octanol–water partition coefficient (Wildman–Crippen LogP) is 3.78. The first-order valence-electron chi connectivity index (χ1n) is 13.2. The molecule has 0 aliphatic rings. The Hall–Kier alpha value is 0.331. The molecule has 1 atom stereocenters. The SMILES string of the molecule is CCO[Si](CCCNC[Si]C(CCCCCN(CC)CC)[Si](OC)(OC)OC)(OCC)OCC. The van der Waals surface area contributed by atoms with Gasteiger partial charge in [0.05, 0.1) is 9.52 Å². The monoisotopic (exact) mass is 538 g/mol. The van der Waals surface area contributed by atoms with E-state index in [9.17, 15) is 0 Å². The third-order valence-corrected chi connectivity index (χ3v) is 15.0. The molecule has 0 bridgehead atoms. The summed E-state index contributed by atoms with van der Waals surface area (Å²) in [5, 5.41) is 3.92. The van der Waals surface area contributed by atoms with Gasteiger partial charge in [-0.1, -0.05) is 26.7 Å². The molecule has 0 saturated heterocycles. The summed E-state index contributed by atoms with van der Waals surface area (Å²) < 4.78 is 35.4. The van der Waals surface area contributed by atoms with E-state index in [2.05, 4.69) is 24.1 Å². The summed E-state index contributed by atoms with van der Waals surface area (Å²) in [6.45, 7) is 16.7. The van der Waals surface area contributed by atoms with E-state index in [0.29, 0.717) is 34.5 Å². The topological polar surface area (TPSA) is 70.7 Å². The van der Waals surface area contributed by atoms with Gasteiger partial charge in [0, 0.05) is 52.4 Å². The maximum Gasteiger partial charge on any atom is 0.500 e. The van der Waals surface area contributed by atoms with Crippen molar-refractivity contribution in [1.82, 2.24) is 10.2 Å². The number of nitrogens with zero attached hydrogens (tertiary/aromatic N) is 1. The van der Waals surface area contributed by atoms with Gasteiger partial charge in [0.1, 0.15) is 0 Å². The molecule has 0 fully saturated rings. The van der Waals surface area contributed by atoms with Gasteiger partial charge in [0.15, 0.2) is 0 Å². The van der Waals surface area contributed by atoms with Crippen LogP contribution in [0.15, 0.2) is 0 Å². The first kappa shape index (κ1) is 34.3. The number of rotatable bonds is 25. The van der Waals surface area contributed by atoms with E-state index in [1.807, 2.05) is 20.8 Å². The van der Waals surface area contributed by atoms with E-state index in [0.717, 1.165) is 44.7 Å². The number of nitrogens with one attached hydrogen (secondary N) is 1. The second kappa shape index (κ2) is 21.4. The molecule has 1 N–H and O–H groups in total. The van der Waals surface area contributed by atoms with Crippen molar-refractivity contribution in [2.24, 2.45) is 0 Å². The van der Waals surface area contributed by atoms with Crippen molar-refractivity contribution in [1.29, 1.82) is 0 Å². The Morgan fingerprint density at radius 1 is 0.765 bits per heavy atom. The van der Waals surface area contributed by atoms with Gasteiger partial charge in [-0.2, -0.15) is 0 Å². The third-order valence-electron chi connectivity index (χ3n) is 6.04. The molecule has 1 unspecified atom stereocenters. The molecule has 0 amide bonds. The lowest BCUT2D eigenvalue weighted by molar-refractivity contribution is 0.0708. The molecule has 0 aromatic carbocycles. The summed E-state index contributed by atoms with van der Waals surface area (Å²) in [5.74, 6) is 0. The van der Waals surface area contributed by atoms with E-state index in [-0.39, 0.29) is 0 Å². The summed E-state index contributed by atoms with van der Waals surface area (Å²) in [4.78, 5) is 2.49. The van der Waals surface area contributed by atoms with E-state index >= 15 is 0 Å². The van der Waals surface area contributed by atoms with Crippen LogP contribution in [0.4, 0.5) is 0 Å². The molecule has 0 heterocycles. The molecular weight excluding hydrogens is 485 g/mol. The molecule has 0 spiro atoms. The van der Waals surface area contributed by atoms with Crippen LogP contribution >= 0.6 is 0 Å². The fraction of sp³-hybridized carbons (Fsp3) is 1.00. The van der Waals surface area contributed by atoms with Gasteiger partial charge in [0.2, 0.25) is 0 Å². The molecule has 0 saturated carbocycles. The van der Waals surface area contributed by atoms with Crippen molar-refractivity contribution >= 4 is 27.1 Å². The highest BCUT2D eigenvalue weighted by Gasteiger charge is 2.46. The Balaban J connectivity index is 4.64. The summed E-state index contributed by atoms with van der Waals surface area (Å²) in [5.41, 5.74) is 0. The van der Waals surface area contributed by atoms with Gasteiger partial charge < -0.3 is 36.8 Å². The van der Waals surface area contributed by atoms with E-state index in [4.69, 9.17) is 26.6 Å². The average Bonchev–Trinajstić information content (AvgIpc) is 2.84. The van der Waals surface area contributed by atoms with Gasteiger partial charge in [-0.3, -0.25) is 0 Å². The number of hydrogen-bond donors (Lipinski definition) is 1. The minimum Gasteiger partial charge on any atom is -0.377 e. The van der Waals surface area contributed by atoms with Crippen LogP contribution in [0.2, 0.25) is 11.2 Å². The summed E-state index contributed by atoms with van der Waals surface area (Å²) >= 11 is 0. The zero-order chi connectivity index (χ0) is 25.7. The third kappa shape index (κ3) is 13.0. The van der Waals surface area contributed by atoms with Crippen LogP contribution in [0, 0.1) is 0 Å². The first-order chi connectivity index (χ1) is 16.5. The Bertz CT molecular complexity index is 435. The van der Waals surface area contributed by atoms with Crippen LogP contribution in [0.5, 0.6) is 0 Å². The largest absolute Gasteiger partial charge is 0.500 e. The van der Waals surface area contributed by atoms with E-state index in [1.165, 1.54) is 25.8 Å². The van der Waals surface area contributed by atoms with Crippen LogP contribution in [0.25, 0.3) is 0 Å². The number of unbranched alkanes of at least 4 members (excludes halogenated alkanes) is 2. The van der Waals surface area contributed by atoms with Crippen LogP contribution in [-0.2, 0) is 26.6 Å². The van der Waals surface area contributed by atoms with Crippen molar-refractivity contribution in [3.05, 3.63) is 0 Å². The van der Waals surface area contributed by atoms with Crippen molar-refractivity contribution in [3.8, 4) is 0 Å². The summed E-state index contributed by atoms with van der Waals surface area (Å²) in [6, 6.07) is 0.835. The van der Waals surface area contributed by atoms with Crippen LogP contribution in [-0.4, -0.2) is 106 Å². The van der Waals surface area contributed by atoms with Gasteiger partial charge in [0.25, 0.3) is 0 Å². The lowest BCUT2D eigenvalue weighted by Crippen LogP contribution is -2.51. The van der Waals surface area contributed by atoms with Gasteiger partial charge in [-0.15, -0.1) is 0 Å². The summed E-state index contributed by atoms with van der Waals surface area (Å²) in [7, 11) is 0.640. The minimum absolute atomic E-state index is 0.317. The number of hydrogen-bond acceptors (Lipinski definition) is 8. The normalized spacial score (nSPS) is 13.7. The minimum atomic E-state index is -2.66. The molecule has 0 aromatic rings. The quantitative estimate of drug-likeness (QED) is 0.139. The van der Waals surface area contributed by atoms with Crippen LogP contribution < -0.4 is 5.32 Å². The van der Waals surface area contributed by atoms with Crippen molar-refractivity contribution < 1.29 is 26.6 Å². The molecule has 8 nitrogen and oxygen atoms in total. The van der Waals surface area contributed by atoms with Crippen molar-refractivity contribution in [2.75, 3.05) is 73.5 Å². The smallest absolute Gasteiger partial charge is 0.377 e. The molecule has 2 radical (unpaired) electrons. The van der Waals surface area contributed by atoms with Gasteiger partial charge in [-0.25, -0.2) is 0 Å².